The maximum Gasteiger partial charge on any atom is 0.266 e. The lowest BCUT2D eigenvalue weighted by Crippen LogP contribution is -2.29. The fourth-order valence-electron chi connectivity index (χ4n) is 3.44. The molecule has 1 fully saturated rings. The van der Waals surface area contributed by atoms with Crippen molar-refractivity contribution in [1.82, 2.24) is 35.5 Å². The molecular weight excluding hydrogens is 442 g/mol. The Kier molecular flexibility index (Phi) is 5.70. The summed E-state index contributed by atoms with van der Waals surface area (Å²) in [5.41, 5.74) is 3.48. The van der Waals surface area contributed by atoms with Crippen LogP contribution in [-0.4, -0.2) is 52.3 Å². The van der Waals surface area contributed by atoms with Crippen molar-refractivity contribution < 1.29 is 4.79 Å². The number of thiocarbonyl (C=S) groups is 1. The first-order valence-electron chi connectivity index (χ1n) is 9.97. The number of thioether (sulfide) groups is 1. The fourth-order valence-corrected chi connectivity index (χ4v) is 4.73. The number of aromatic nitrogens is 6. The topological polar surface area (TPSA) is 101 Å². The number of amides is 1. The Morgan fingerprint density at radius 1 is 1.16 bits per heavy atom. The molecule has 1 N–H and O–H groups in total. The van der Waals surface area contributed by atoms with Crippen LogP contribution in [0.2, 0.25) is 0 Å². The number of fused-ring (bicyclic) bond motifs is 1. The molecule has 0 bridgehead atoms. The van der Waals surface area contributed by atoms with Gasteiger partial charge in [-0.1, -0.05) is 47.4 Å². The molecule has 32 heavy (non-hydrogen) atoms. The van der Waals surface area contributed by atoms with Gasteiger partial charge in [0.05, 0.1) is 21.8 Å². The molecule has 1 amide bonds. The minimum absolute atomic E-state index is 0.0999. The highest BCUT2D eigenvalue weighted by atomic mass is 32.2. The number of carbonyl (C=O) groups excluding carboxylic acids is 1. The number of hydrogen-bond acceptors (Lipinski definition) is 8. The van der Waals surface area contributed by atoms with Crippen molar-refractivity contribution >= 4 is 51.2 Å². The van der Waals surface area contributed by atoms with Crippen LogP contribution >= 0.6 is 24.0 Å². The lowest BCUT2D eigenvalue weighted by atomic mass is 10.1. The standard InChI is InChI=1S/C22H17N7OS2/c30-21-19(32-22(31)29(21)11-3-7-20-25-27-28-26-20)13-16-5-1-6-18(24-16)15-8-9-17-14(12-15)4-2-10-23-17/h1-2,4-6,8-10,12-13H,3,7,11H2,(H,25,26,27,28). The van der Waals surface area contributed by atoms with E-state index in [1.165, 1.54) is 11.8 Å². The predicted molar refractivity (Wildman–Crippen MR) is 127 cm³/mol. The van der Waals surface area contributed by atoms with Crippen LogP contribution in [0.25, 0.3) is 28.2 Å². The second kappa shape index (κ2) is 8.93. The molecule has 1 saturated heterocycles. The molecule has 10 heteroatoms. The smallest absolute Gasteiger partial charge is 0.266 e. The predicted octanol–water partition coefficient (Wildman–Crippen LogP) is 3.64. The minimum atomic E-state index is -0.0999. The number of rotatable bonds is 6. The maximum atomic E-state index is 12.9. The van der Waals surface area contributed by atoms with Crippen molar-refractivity contribution in [3.05, 3.63) is 71.2 Å². The molecule has 5 rings (SSSR count). The second-order valence-electron chi connectivity index (χ2n) is 7.12. The molecular formula is C22H17N7OS2. The first-order valence-corrected chi connectivity index (χ1v) is 11.2. The molecule has 0 spiro atoms. The summed E-state index contributed by atoms with van der Waals surface area (Å²) in [6, 6.07) is 15.8. The van der Waals surface area contributed by atoms with E-state index in [0.29, 0.717) is 40.1 Å². The van der Waals surface area contributed by atoms with Gasteiger partial charge in [0, 0.05) is 30.1 Å². The Bertz CT molecular complexity index is 1340. The Morgan fingerprint density at radius 3 is 2.97 bits per heavy atom. The molecule has 0 aliphatic carbocycles. The van der Waals surface area contributed by atoms with Crippen LogP contribution in [0.5, 0.6) is 0 Å². The van der Waals surface area contributed by atoms with E-state index in [1.807, 2.05) is 42.5 Å². The van der Waals surface area contributed by atoms with Crippen LogP contribution in [0.15, 0.2) is 59.6 Å². The van der Waals surface area contributed by atoms with E-state index in [4.69, 9.17) is 17.2 Å². The average molecular weight is 460 g/mol. The number of H-pyrrole nitrogens is 1. The van der Waals surface area contributed by atoms with Crippen LogP contribution < -0.4 is 0 Å². The Morgan fingerprint density at radius 2 is 2.09 bits per heavy atom. The van der Waals surface area contributed by atoms with Gasteiger partial charge in [-0.25, -0.2) is 4.98 Å². The summed E-state index contributed by atoms with van der Waals surface area (Å²) in [6.45, 7) is 0.509. The molecule has 1 aliphatic rings. The lowest BCUT2D eigenvalue weighted by Gasteiger charge is -2.13. The number of aromatic amines is 1. The van der Waals surface area contributed by atoms with E-state index < -0.39 is 0 Å². The van der Waals surface area contributed by atoms with E-state index in [2.05, 4.69) is 31.7 Å². The van der Waals surface area contributed by atoms with Crippen molar-refractivity contribution in [3.8, 4) is 11.3 Å². The van der Waals surface area contributed by atoms with E-state index in [9.17, 15) is 4.79 Å². The summed E-state index contributed by atoms with van der Waals surface area (Å²) < 4.78 is 0.549. The molecule has 158 valence electrons. The molecule has 3 aromatic heterocycles. The van der Waals surface area contributed by atoms with Gasteiger partial charge in [0.15, 0.2) is 5.82 Å². The summed E-state index contributed by atoms with van der Waals surface area (Å²) in [7, 11) is 0. The molecule has 0 radical (unpaired) electrons. The number of tetrazole rings is 1. The number of aryl methyl sites for hydroxylation is 1. The van der Waals surface area contributed by atoms with E-state index in [-0.39, 0.29) is 5.91 Å². The van der Waals surface area contributed by atoms with E-state index in [0.717, 1.165) is 22.2 Å². The first kappa shape index (κ1) is 20.4. The summed E-state index contributed by atoms with van der Waals surface area (Å²) in [6.07, 6.45) is 4.90. The van der Waals surface area contributed by atoms with Crippen LogP contribution in [0.4, 0.5) is 0 Å². The number of nitrogens with zero attached hydrogens (tertiary/aromatic N) is 6. The molecule has 0 unspecified atom stereocenters. The van der Waals surface area contributed by atoms with E-state index in [1.54, 1.807) is 17.2 Å². The number of nitrogens with one attached hydrogen (secondary N) is 1. The monoisotopic (exact) mass is 459 g/mol. The van der Waals surface area contributed by atoms with Gasteiger partial charge in [0.25, 0.3) is 5.91 Å². The maximum absolute atomic E-state index is 12.9. The van der Waals surface area contributed by atoms with Crippen LogP contribution in [0.1, 0.15) is 17.9 Å². The normalized spacial score (nSPS) is 15.2. The molecule has 8 nitrogen and oxygen atoms in total. The van der Waals surface area contributed by atoms with Crippen molar-refractivity contribution in [3.63, 3.8) is 0 Å². The highest BCUT2D eigenvalue weighted by Crippen LogP contribution is 2.33. The Balaban J connectivity index is 1.33. The van der Waals surface area contributed by atoms with Crippen LogP contribution in [-0.2, 0) is 11.2 Å². The van der Waals surface area contributed by atoms with Crippen LogP contribution in [0.3, 0.4) is 0 Å². The zero-order valence-corrected chi connectivity index (χ0v) is 18.4. The highest BCUT2D eigenvalue weighted by Gasteiger charge is 2.31. The summed E-state index contributed by atoms with van der Waals surface area (Å²) in [4.78, 5) is 24.2. The Labute approximate surface area is 193 Å². The van der Waals surface area contributed by atoms with Crippen molar-refractivity contribution in [1.29, 1.82) is 0 Å². The van der Waals surface area contributed by atoms with Gasteiger partial charge >= 0.3 is 0 Å². The van der Waals surface area contributed by atoms with Crippen molar-refractivity contribution in [2.45, 2.75) is 12.8 Å². The molecule has 0 atom stereocenters. The summed E-state index contributed by atoms with van der Waals surface area (Å²) in [5.74, 6) is 0.522. The first-order chi connectivity index (χ1) is 15.7. The minimum Gasteiger partial charge on any atom is -0.293 e. The third kappa shape index (κ3) is 4.27. The molecule has 1 aliphatic heterocycles. The van der Waals surface area contributed by atoms with Gasteiger partial charge in [-0.3, -0.25) is 14.7 Å². The van der Waals surface area contributed by atoms with Gasteiger partial charge in [0.1, 0.15) is 4.32 Å². The van der Waals surface area contributed by atoms with Gasteiger partial charge < -0.3 is 0 Å². The Hall–Kier alpha value is -3.50. The third-order valence-electron chi connectivity index (χ3n) is 4.99. The quantitative estimate of drug-likeness (QED) is 0.345. The highest BCUT2D eigenvalue weighted by molar-refractivity contribution is 8.26. The molecule has 4 heterocycles. The van der Waals surface area contributed by atoms with Gasteiger partial charge in [-0.15, -0.1) is 10.2 Å². The van der Waals surface area contributed by atoms with Gasteiger partial charge in [-0.05, 0) is 42.8 Å². The van der Waals surface area contributed by atoms with Gasteiger partial charge in [-0.2, -0.15) is 5.21 Å². The second-order valence-corrected chi connectivity index (χ2v) is 8.80. The lowest BCUT2D eigenvalue weighted by molar-refractivity contribution is -0.122. The number of hydrogen-bond donors (Lipinski definition) is 1. The number of carbonyl (C=O) groups is 1. The molecule has 0 saturated carbocycles. The zero-order valence-electron chi connectivity index (χ0n) is 16.8. The van der Waals surface area contributed by atoms with Crippen molar-refractivity contribution in [2.75, 3.05) is 6.54 Å². The van der Waals surface area contributed by atoms with Gasteiger partial charge in [0.2, 0.25) is 0 Å². The zero-order chi connectivity index (χ0) is 21.9. The molecule has 4 aromatic rings. The third-order valence-corrected chi connectivity index (χ3v) is 6.37. The SMILES string of the molecule is O=C1C(=Cc2cccc(-c3ccc4ncccc4c3)n2)SC(=S)N1CCCc1nn[nH]n1. The summed E-state index contributed by atoms with van der Waals surface area (Å²) in [5, 5.41) is 14.9. The fraction of sp³-hybridized carbons (Fsp3) is 0.136. The van der Waals surface area contributed by atoms with Crippen molar-refractivity contribution in [2.24, 2.45) is 0 Å². The largest absolute Gasteiger partial charge is 0.293 e. The number of pyridine rings is 2. The van der Waals surface area contributed by atoms with Crippen LogP contribution in [0, 0.1) is 0 Å². The van der Waals surface area contributed by atoms with E-state index >= 15 is 0 Å². The molecule has 1 aromatic carbocycles. The summed E-state index contributed by atoms with van der Waals surface area (Å²) >= 11 is 6.72. The average Bonchev–Trinajstić information content (AvgIpc) is 3.43. The number of benzene rings is 1.